The Morgan fingerprint density at radius 3 is 2.79 bits per heavy atom. The molecule has 0 aromatic carbocycles. The van der Waals surface area contributed by atoms with Crippen LogP contribution >= 0.6 is 0 Å². The van der Waals surface area contributed by atoms with Gasteiger partial charge in [-0.05, 0) is 30.9 Å². The highest BCUT2D eigenvalue weighted by molar-refractivity contribution is 5.21. The van der Waals surface area contributed by atoms with Gasteiger partial charge >= 0.3 is 0 Å². The zero-order chi connectivity index (χ0) is 10.6. The molecule has 0 saturated carbocycles. The Morgan fingerprint density at radius 2 is 2.21 bits per heavy atom. The average Bonchev–Trinajstić information content (AvgIpc) is 2.18. The molecule has 1 aromatic rings. The summed E-state index contributed by atoms with van der Waals surface area (Å²) < 4.78 is 0. The Bertz CT molecular complexity index is 283. The summed E-state index contributed by atoms with van der Waals surface area (Å²) >= 11 is 0. The van der Waals surface area contributed by atoms with E-state index in [1.165, 1.54) is 12.0 Å². The molecule has 2 N–H and O–H groups in total. The van der Waals surface area contributed by atoms with E-state index in [1.54, 1.807) is 0 Å². The lowest BCUT2D eigenvalue weighted by atomic mass is 9.93. The van der Waals surface area contributed by atoms with Gasteiger partial charge in [-0.15, -0.1) is 0 Å². The number of pyridine rings is 1. The van der Waals surface area contributed by atoms with Crippen LogP contribution < -0.4 is 5.73 Å². The first-order valence-corrected chi connectivity index (χ1v) is 5.34. The van der Waals surface area contributed by atoms with Gasteiger partial charge in [-0.25, -0.2) is 0 Å². The van der Waals surface area contributed by atoms with E-state index in [2.05, 4.69) is 31.8 Å². The molecule has 0 spiro atoms. The zero-order valence-electron chi connectivity index (χ0n) is 9.33. The zero-order valence-corrected chi connectivity index (χ0v) is 9.33. The molecule has 0 aliphatic heterocycles. The number of hydrogen-bond donors (Lipinski definition) is 1. The van der Waals surface area contributed by atoms with Crippen molar-refractivity contribution in [3.8, 4) is 0 Å². The second kappa shape index (κ2) is 5.11. The molecule has 0 saturated heterocycles. The molecule has 2 atom stereocenters. The highest BCUT2D eigenvalue weighted by Gasteiger charge is 2.16. The summed E-state index contributed by atoms with van der Waals surface area (Å²) in [5, 5.41) is 0. The van der Waals surface area contributed by atoms with Gasteiger partial charge in [0.05, 0.1) is 5.69 Å². The molecule has 0 aliphatic rings. The molecule has 1 aromatic heterocycles. The Kier molecular flexibility index (Phi) is 4.08. The number of hydrogen-bond acceptors (Lipinski definition) is 2. The molecule has 0 amide bonds. The van der Waals surface area contributed by atoms with Gasteiger partial charge in [0.1, 0.15) is 0 Å². The van der Waals surface area contributed by atoms with Gasteiger partial charge in [0.15, 0.2) is 0 Å². The molecule has 0 aliphatic carbocycles. The predicted octanol–water partition coefficient (Wildman–Crippen LogP) is 2.83. The summed E-state index contributed by atoms with van der Waals surface area (Å²) in [4.78, 5) is 4.36. The van der Waals surface area contributed by atoms with E-state index in [1.807, 2.05) is 12.3 Å². The van der Waals surface area contributed by atoms with Crippen molar-refractivity contribution in [3.63, 3.8) is 0 Å². The first kappa shape index (κ1) is 11.2. The van der Waals surface area contributed by atoms with Crippen molar-refractivity contribution in [3.05, 3.63) is 29.6 Å². The van der Waals surface area contributed by atoms with E-state index in [9.17, 15) is 0 Å². The maximum atomic E-state index is 6.16. The predicted molar refractivity (Wildman–Crippen MR) is 60.0 cm³/mol. The Morgan fingerprint density at radius 1 is 1.50 bits per heavy atom. The molecule has 2 heteroatoms. The van der Waals surface area contributed by atoms with E-state index in [0.717, 1.165) is 12.1 Å². The fourth-order valence-electron chi connectivity index (χ4n) is 1.75. The Labute approximate surface area is 86.5 Å². The molecular weight excluding hydrogens is 172 g/mol. The monoisotopic (exact) mass is 192 g/mol. The van der Waals surface area contributed by atoms with E-state index in [0.29, 0.717) is 5.92 Å². The molecule has 0 radical (unpaired) electrons. The Hall–Kier alpha value is -0.890. The summed E-state index contributed by atoms with van der Waals surface area (Å²) in [6.07, 6.45) is 4.17. The first-order valence-electron chi connectivity index (χ1n) is 5.34. The third-order valence-corrected chi connectivity index (χ3v) is 2.72. The highest BCUT2D eigenvalue weighted by Crippen LogP contribution is 2.23. The first-order chi connectivity index (χ1) is 6.66. The lowest BCUT2D eigenvalue weighted by Gasteiger charge is -2.20. The minimum absolute atomic E-state index is 0.0798. The number of rotatable bonds is 4. The lowest BCUT2D eigenvalue weighted by molar-refractivity contribution is 0.425. The SMILES string of the molecule is CCCC(C)C(N)c1ncccc1C. The second-order valence-corrected chi connectivity index (χ2v) is 4.00. The summed E-state index contributed by atoms with van der Waals surface area (Å²) in [6, 6.07) is 4.10. The Balaban J connectivity index is 2.78. The van der Waals surface area contributed by atoms with Crippen LogP contribution in [0.2, 0.25) is 0 Å². The van der Waals surface area contributed by atoms with Crippen LogP contribution in [0.4, 0.5) is 0 Å². The topological polar surface area (TPSA) is 38.9 Å². The van der Waals surface area contributed by atoms with Gasteiger partial charge in [0.2, 0.25) is 0 Å². The largest absolute Gasteiger partial charge is 0.322 e. The van der Waals surface area contributed by atoms with Crippen LogP contribution in [0, 0.1) is 12.8 Å². The molecule has 2 unspecified atom stereocenters. The van der Waals surface area contributed by atoms with Crippen molar-refractivity contribution in [1.29, 1.82) is 0 Å². The van der Waals surface area contributed by atoms with E-state index in [-0.39, 0.29) is 6.04 Å². The van der Waals surface area contributed by atoms with Gasteiger partial charge < -0.3 is 5.73 Å². The summed E-state index contributed by atoms with van der Waals surface area (Å²) in [5.41, 5.74) is 8.41. The van der Waals surface area contributed by atoms with Gasteiger partial charge in [-0.2, -0.15) is 0 Å². The molecule has 2 nitrogen and oxygen atoms in total. The van der Waals surface area contributed by atoms with Crippen molar-refractivity contribution in [2.24, 2.45) is 11.7 Å². The van der Waals surface area contributed by atoms with E-state index < -0.39 is 0 Å². The number of aromatic nitrogens is 1. The van der Waals surface area contributed by atoms with E-state index in [4.69, 9.17) is 5.73 Å². The van der Waals surface area contributed by atoms with Crippen LogP contribution in [-0.4, -0.2) is 4.98 Å². The summed E-state index contributed by atoms with van der Waals surface area (Å²) in [6.45, 7) is 6.46. The minimum atomic E-state index is 0.0798. The van der Waals surface area contributed by atoms with Crippen molar-refractivity contribution >= 4 is 0 Å². The van der Waals surface area contributed by atoms with Crippen molar-refractivity contribution in [2.75, 3.05) is 0 Å². The molecule has 1 rings (SSSR count). The minimum Gasteiger partial charge on any atom is -0.322 e. The van der Waals surface area contributed by atoms with Crippen LogP contribution in [0.5, 0.6) is 0 Å². The molecule has 0 bridgehead atoms. The van der Waals surface area contributed by atoms with Crippen LogP contribution in [0.3, 0.4) is 0 Å². The third kappa shape index (κ3) is 2.55. The normalized spacial score (nSPS) is 15.1. The second-order valence-electron chi connectivity index (χ2n) is 4.00. The number of aryl methyl sites for hydroxylation is 1. The fraction of sp³-hybridized carbons (Fsp3) is 0.583. The van der Waals surface area contributed by atoms with Gasteiger partial charge in [0, 0.05) is 12.2 Å². The molecular formula is C12H20N2. The molecule has 1 heterocycles. The lowest BCUT2D eigenvalue weighted by Crippen LogP contribution is -2.21. The fourth-order valence-corrected chi connectivity index (χ4v) is 1.75. The smallest absolute Gasteiger partial charge is 0.0602 e. The summed E-state index contributed by atoms with van der Waals surface area (Å²) in [7, 11) is 0. The van der Waals surface area contributed by atoms with Gasteiger partial charge in [0.25, 0.3) is 0 Å². The van der Waals surface area contributed by atoms with Gasteiger partial charge in [-0.1, -0.05) is 26.3 Å². The summed E-state index contributed by atoms with van der Waals surface area (Å²) in [5.74, 6) is 0.508. The third-order valence-electron chi connectivity index (χ3n) is 2.72. The van der Waals surface area contributed by atoms with Crippen molar-refractivity contribution in [2.45, 2.75) is 39.7 Å². The maximum absolute atomic E-state index is 6.16. The van der Waals surface area contributed by atoms with E-state index >= 15 is 0 Å². The van der Waals surface area contributed by atoms with Crippen molar-refractivity contribution < 1.29 is 0 Å². The highest BCUT2D eigenvalue weighted by atomic mass is 14.8. The molecule has 0 fully saturated rings. The number of nitrogens with zero attached hydrogens (tertiary/aromatic N) is 1. The molecule has 14 heavy (non-hydrogen) atoms. The van der Waals surface area contributed by atoms with Crippen LogP contribution in [0.15, 0.2) is 18.3 Å². The maximum Gasteiger partial charge on any atom is 0.0602 e. The number of nitrogens with two attached hydrogens (primary N) is 1. The van der Waals surface area contributed by atoms with Crippen LogP contribution in [0.1, 0.15) is 44.0 Å². The standard InChI is InChI=1S/C12H20N2/c1-4-6-9(2)11(13)12-10(3)7-5-8-14-12/h5,7-9,11H,4,6,13H2,1-3H3. The van der Waals surface area contributed by atoms with Crippen LogP contribution in [0.25, 0.3) is 0 Å². The van der Waals surface area contributed by atoms with Gasteiger partial charge in [-0.3, -0.25) is 4.98 Å². The quantitative estimate of drug-likeness (QED) is 0.796. The van der Waals surface area contributed by atoms with Crippen LogP contribution in [-0.2, 0) is 0 Å². The van der Waals surface area contributed by atoms with Crippen molar-refractivity contribution in [1.82, 2.24) is 4.98 Å². The molecule has 78 valence electrons. The average molecular weight is 192 g/mol.